The van der Waals surface area contributed by atoms with Crippen LogP contribution in [-0.2, 0) is 12.8 Å². The number of urea groups is 1. The third-order valence-corrected chi connectivity index (χ3v) is 5.92. The molecule has 2 amide bonds. The maximum Gasteiger partial charge on any atom is 0.324 e. The molecule has 1 fully saturated rings. The van der Waals surface area contributed by atoms with Gasteiger partial charge in [-0.2, -0.15) is 0 Å². The molecule has 0 saturated carbocycles. The predicted octanol–water partition coefficient (Wildman–Crippen LogP) is 3.34. The second kappa shape index (κ2) is 5.96. The summed E-state index contributed by atoms with van der Waals surface area (Å²) in [6.45, 7) is 3.35. The van der Waals surface area contributed by atoms with E-state index in [1.165, 1.54) is 28.4 Å². The van der Waals surface area contributed by atoms with E-state index in [0.29, 0.717) is 11.8 Å². The Kier molecular flexibility index (Phi) is 3.80. The maximum absolute atomic E-state index is 12.2. The van der Waals surface area contributed by atoms with Crippen LogP contribution in [0.25, 0.3) is 0 Å². The number of anilines is 1. The van der Waals surface area contributed by atoms with Crippen LogP contribution in [0.5, 0.6) is 0 Å². The molecule has 122 valence electrons. The summed E-state index contributed by atoms with van der Waals surface area (Å²) in [7, 11) is 0. The Morgan fingerprint density at radius 2 is 2.22 bits per heavy atom. The number of nitrogens with one attached hydrogen (secondary N) is 1. The fraction of sp³-hybridized carbons (Fsp3) is 0.562. The van der Waals surface area contributed by atoms with Crippen molar-refractivity contribution in [1.29, 1.82) is 0 Å². The number of hydrogen-bond donors (Lipinski definition) is 1. The highest BCUT2D eigenvalue weighted by Gasteiger charge is 2.28. The van der Waals surface area contributed by atoms with Crippen molar-refractivity contribution in [2.45, 2.75) is 44.9 Å². The molecular weight excluding hydrogens is 312 g/mol. The van der Waals surface area contributed by atoms with Crippen LogP contribution >= 0.6 is 11.3 Å². The summed E-state index contributed by atoms with van der Waals surface area (Å²) in [5, 5.41) is 7.82. The molecule has 1 aliphatic carbocycles. The first-order valence-electron chi connectivity index (χ1n) is 8.17. The highest BCUT2D eigenvalue weighted by molar-refractivity contribution is 7.11. The van der Waals surface area contributed by atoms with Gasteiger partial charge in [-0.05, 0) is 39.0 Å². The summed E-state index contributed by atoms with van der Waals surface area (Å²) in [6, 6.07) is 1.61. The van der Waals surface area contributed by atoms with Crippen LogP contribution in [0.2, 0.25) is 0 Å². The SMILES string of the molecule is Cc1cc(NC(=O)N2CCC(c3nc4c(s3)CCC4)CC2)on1. The van der Waals surface area contributed by atoms with Gasteiger partial charge in [-0.1, -0.05) is 5.16 Å². The van der Waals surface area contributed by atoms with E-state index in [1.807, 2.05) is 23.2 Å². The van der Waals surface area contributed by atoms with Gasteiger partial charge in [0.05, 0.1) is 16.4 Å². The molecule has 6 nitrogen and oxygen atoms in total. The van der Waals surface area contributed by atoms with Crippen LogP contribution in [0.3, 0.4) is 0 Å². The number of carbonyl (C=O) groups excluding carboxylic acids is 1. The van der Waals surface area contributed by atoms with Gasteiger partial charge in [-0.15, -0.1) is 11.3 Å². The van der Waals surface area contributed by atoms with Crippen molar-refractivity contribution < 1.29 is 9.32 Å². The van der Waals surface area contributed by atoms with Crippen LogP contribution in [0.15, 0.2) is 10.6 Å². The average molecular weight is 332 g/mol. The van der Waals surface area contributed by atoms with Crippen molar-refractivity contribution in [2.24, 2.45) is 0 Å². The number of amides is 2. The van der Waals surface area contributed by atoms with Crippen LogP contribution in [-0.4, -0.2) is 34.2 Å². The molecule has 23 heavy (non-hydrogen) atoms. The van der Waals surface area contributed by atoms with Gasteiger partial charge in [-0.3, -0.25) is 5.32 Å². The van der Waals surface area contributed by atoms with Crippen molar-refractivity contribution in [1.82, 2.24) is 15.0 Å². The van der Waals surface area contributed by atoms with E-state index in [4.69, 9.17) is 9.51 Å². The van der Waals surface area contributed by atoms with E-state index in [0.717, 1.165) is 38.0 Å². The summed E-state index contributed by atoms with van der Waals surface area (Å²) < 4.78 is 5.03. The molecule has 0 bridgehead atoms. The van der Waals surface area contributed by atoms with E-state index in [2.05, 4.69) is 10.5 Å². The molecule has 0 atom stereocenters. The number of piperidine rings is 1. The Labute approximate surface area is 138 Å². The quantitative estimate of drug-likeness (QED) is 0.915. The molecular formula is C16H20N4O2S. The zero-order valence-electron chi connectivity index (χ0n) is 13.2. The smallest absolute Gasteiger partial charge is 0.324 e. The van der Waals surface area contributed by atoms with Gasteiger partial charge in [0.15, 0.2) is 0 Å². The maximum atomic E-state index is 12.2. The molecule has 2 aromatic rings. The lowest BCUT2D eigenvalue weighted by molar-refractivity contribution is 0.193. The highest BCUT2D eigenvalue weighted by atomic mass is 32.1. The molecule has 0 radical (unpaired) electrons. The zero-order chi connectivity index (χ0) is 15.8. The van der Waals surface area contributed by atoms with Crippen LogP contribution in [0, 0.1) is 6.92 Å². The van der Waals surface area contributed by atoms with Crippen molar-refractivity contribution in [3.05, 3.63) is 27.3 Å². The largest absolute Gasteiger partial charge is 0.338 e. The summed E-state index contributed by atoms with van der Waals surface area (Å²) in [4.78, 5) is 20.4. The number of aryl methyl sites for hydroxylation is 3. The normalized spacial score (nSPS) is 18.2. The van der Waals surface area contributed by atoms with Gasteiger partial charge >= 0.3 is 6.03 Å². The monoisotopic (exact) mass is 332 g/mol. The topological polar surface area (TPSA) is 71.3 Å². The van der Waals surface area contributed by atoms with Crippen LogP contribution in [0.4, 0.5) is 10.7 Å². The molecule has 0 aromatic carbocycles. The molecule has 7 heteroatoms. The molecule has 2 aromatic heterocycles. The first kappa shape index (κ1) is 14.7. The lowest BCUT2D eigenvalue weighted by atomic mass is 9.98. The minimum absolute atomic E-state index is 0.110. The fourth-order valence-electron chi connectivity index (χ4n) is 3.32. The average Bonchev–Trinajstić information content (AvgIpc) is 3.23. The molecule has 0 spiro atoms. The Morgan fingerprint density at radius 3 is 2.91 bits per heavy atom. The molecule has 4 rings (SSSR count). The zero-order valence-corrected chi connectivity index (χ0v) is 14.0. The van der Waals surface area contributed by atoms with E-state index in [-0.39, 0.29) is 6.03 Å². The first-order valence-corrected chi connectivity index (χ1v) is 8.98. The number of carbonyl (C=O) groups is 1. The van der Waals surface area contributed by atoms with Crippen molar-refractivity contribution in [3.8, 4) is 0 Å². The summed E-state index contributed by atoms with van der Waals surface area (Å²) in [5.41, 5.74) is 2.08. The van der Waals surface area contributed by atoms with Crippen LogP contribution < -0.4 is 5.32 Å². The number of rotatable bonds is 2. The summed E-state index contributed by atoms with van der Waals surface area (Å²) >= 11 is 1.89. The van der Waals surface area contributed by atoms with Crippen LogP contribution in [0.1, 0.15) is 46.5 Å². The molecule has 1 aliphatic heterocycles. The van der Waals surface area contributed by atoms with Gasteiger partial charge < -0.3 is 9.42 Å². The van der Waals surface area contributed by atoms with Crippen molar-refractivity contribution in [2.75, 3.05) is 18.4 Å². The van der Waals surface area contributed by atoms with E-state index >= 15 is 0 Å². The molecule has 1 saturated heterocycles. The second-order valence-electron chi connectivity index (χ2n) is 6.30. The molecule has 3 heterocycles. The second-order valence-corrected chi connectivity index (χ2v) is 7.41. The summed E-state index contributed by atoms with van der Waals surface area (Å²) in [5.74, 6) is 0.910. The van der Waals surface area contributed by atoms with E-state index < -0.39 is 0 Å². The van der Waals surface area contributed by atoms with Gasteiger partial charge in [-0.25, -0.2) is 9.78 Å². The minimum Gasteiger partial charge on any atom is -0.338 e. The van der Waals surface area contributed by atoms with Gasteiger partial charge in [0, 0.05) is 30.0 Å². The van der Waals surface area contributed by atoms with E-state index in [1.54, 1.807) is 6.07 Å². The third-order valence-electron chi connectivity index (χ3n) is 4.60. The number of hydrogen-bond acceptors (Lipinski definition) is 5. The molecule has 2 aliphatic rings. The Bertz CT molecular complexity index is 694. The van der Waals surface area contributed by atoms with Gasteiger partial charge in [0.2, 0.25) is 5.88 Å². The minimum atomic E-state index is -0.110. The predicted molar refractivity (Wildman–Crippen MR) is 87.9 cm³/mol. The first-order chi connectivity index (χ1) is 11.2. The highest BCUT2D eigenvalue weighted by Crippen LogP contribution is 2.35. The summed E-state index contributed by atoms with van der Waals surface area (Å²) in [6.07, 6.45) is 5.56. The van der Waals surface area contributed by atoms with E-state index in [9.17, 15) is 4.79 Å². The number of nitrogens with zero attached hydrogens (tertiary/aromatic N) is 3. The van der Waals surface area contributed by atoms with Crippen molar-refractivity contribution in [3.63, 3.8) is 0 Å². The number of fused-ring (bicyclic) bond motifs is 1. The Balaban J connectivity index is 1.34. The lowest BCUT2D eigenvalue weighted by Gasteiger charge is -2.30. The molecule has 1 N–H and O–H groups in total. The van der Waals surface area contributed by atoms with Gasteiger partial charge in [0.1, 0.15) is 0 Å². The van der Waals surface area contributed by atoms with Crippen molar-refractivity contribution >= 4 is 23.3 Å². The number of likely N-dealkylation sites (tertiary alicyclic amines) is 1. The number of thiazole rings is 1. The third kappa shape index (κ3) is 2.97. The fourth-order valence-corrected chi connectivity index (χ4v) is 4.64. The Hall–Kier alpha value is -1.89. The Morgan fingerprint density at radius 1 is 1.39 bits per heavy atom. The number of aromatic nitrogens is 2. The lowest BCUT2D eigenvalue weighted by Crippen LogP contribution is -2.40. The standard InChI is InChI=1S/C16H20N4O2S/c1-10-9-14(22-19-10)18-16(21)20-7-5-11(6-8-20)15-17-12-3-2-4-13(12)23-15/h9,11H,2-8H2,1H3,(H,18,21). The van der Waals surface area contributed by atoms with Gasteiger partial charge in [0.25, 0.3) is 0 Å². The molecule has 0 unspecified atom stereocenters.